The van der Waals surface area contributed by atoms with Crippen molar-refractivity contribution in [2.75, 3.05) is 45.2 Å². The maximum atomic E-state index is 5.22. The third kappa shape index (κ3) is 3.94. The van der Waals surface area contributed by atoms with E-state index in [-0.39, 0.29) is 0 Å². The van der Waals surface area contributed by atoms with Crippen molar-refractivity contribution in [1.82, 2.24) is 14.5 Å². The second kappa shape index (κ2) is 6.91. The summed E-state index contributed by atoms with van der Waals surface area (Å²) in [6.07, 6.45) is 4.78. The minimum Gasteiger partial charge on any atom is -0.383 e. The highest BCUT2D eigenvalue weighted by atomic mass is 16.5. The Labute approximate surface area is 116 Å². The van der Waals surface area contributed by atoms with E-state index in [1.807, 2.05) is 6.92 Å². The van der Waals surface area contributed by atoms with E-state index in [2.05, 4.69) is 32.9 Å². The summed E-state index contributed by atoms with van der Waals surface area (Å²) in [6, 6.07) is 0.306. The number of aryl methyl sites for hydroxylation is 1. The van der Waals surface area contributed by atoms with Crippen LogP contribution in [-0.2, 0) is 4.74 Å². The average Bonchev–Trinajstić information content (AvgIpc) is 2.99. The topological polar surface area (TPSA) is 42.3 Å². The van der Waals surface area contributed by atoms with Gasteiger partial charge >= 0.3 is 0 Å². The van der Waals surface area contributed by atoms with Crippen molar-refractivity contribution in [3.05, 3.63) is 11.9 Å². The third-order valence-corrected chi connectivity index (χ3v) is 3.65. The zero-order chi connectivity index (χ0) is 13.7. The molecular formula is C14H26N4O. The van der Waals surface area contributed by atoms with Gasteiger partial charge in [0.25, 0.3) is 0 Å². The van der Waals surface area contributed by atoms with E-state index >= 15 is 0 Å². The van der Waals surface area contributed by atoms with Gasteiger partial charge in [0.1, 0.15) is 0 Å². The van der Waals surface area contributed by atoms with Crippen molar-refractivity contribution in [3.8, 4) is 0 Å². The zero-order valence-electron chi connectivity index (χ0n) is 12.4. The van der Waals surface area contributed by atoms with E-state index in [0.29, 0.717) is 12.6 Å². The molecule has 1 N–H and O–H groups in total. The van der Waals surface area contributed by atoms with Crippen LogP contribution in [0, 0.1) is 6.92 Å². The lowest BCUT2D eigenvalue weighted by Crippen LogP contribution is -2.27. The molecular weight excluding hydrogens is 240 g/mol. The Kier molecular flexibility index (Phi) is 5.22. The lowest BCUT2D eigenvalue weighted by molar-refractivity contribution is 0.163. The first-order valence-corrected chi connectivity index (χ1v) is 7.21. The largest absolute Gasteiger partial charge is 0.383 e. The van der Waals surface area contributed by atoms with Crippen LogP contribution in [0.25, 0.3) is 0 Å². The molecule has 0 radical (unpaired) electrons. The smallest absolute Gasteiger partial charge is 0.203 e. The molecule has 1 unspecified atom stereocenters. The molecule has 2 rings (SSSR count). The Balaban J connectivity index is 1.87. The Morgan fingerprint density at radius 2 is 2.16 bits per heavy atom. The van der Waals surface area contributed by atoms with Crippen molar-refractivity contribution < 1.29 is 4.74 Å². The minimum atomic E-state index is 0.306. The van der Waals surface area contributed by atoms with E-state index in [9.17, 15) is 0 Å². The maximum Gasteiger partial charge on any atom is 0.203 e. The molecule has 0 saturated carbocycles. The molecule has 1 aliphatic heterocycles. The Morgan fingerprint density at radius 3 is 2.84 bits per heavy atom. The van der Waals surface area contributed by atoms with Gasteiger partial charge < -0.3 is 19.5 Å². The van der Waals surface area contributed by atoms with Crippen LogP contribution in [0.2, 0.25) is 0 Å². The lowest BCUT2D eigenvalue weighted by Gasteiger charge is -2.18. The van der Waals surface area contributed by atoms with E-state index in [1.165, 1.54) is 25.9 Å². The van der Waals surface area contributed by atoms with Crippen LogP contribution in [0.4, 0.5) is 5.95 Å². The summed E-state index contributed by atoms with van der Waals surface area (Å²) in [4.78, 5) is 7.06. The summed E-state index contributed by atoms with van der Waals surface area (Å²) in [5.74, 6) is 0.959. The van der Waals surface area contributed by atoms with E-state index < -0.39 is 0 Å². The number of aromatic nitrogens is 2. The molecule has 1 aromatic rings. The molecule has 5 heteroatoms. The second-order valence-electron chi connectivity index (χ2n) is 5.39. The SMILES string of the molecule is COCC(C)n1cc(C)nc1NCCN1CCCC1. The first-order valence-electron chi connectivity index (χ1n) is 7.21. The minimum absolute atomic E-state index is 0.306. The molecule has 2 heterocycles. The maximum absolute atomic E-state index is 5.22. The van der Waals surface area contributed by atoms with Crippen LogP contribution in [0.5, 0.6) is 0 Å². The molecule has 1 aromatic heterocycles. The molecule has 0 bridgehead atoms. The zero-order valence-corrected chi connectivity index (χ0v) is 12.4. The summed E-state index contributed by atoms with van der Waals surface area (Å²) in [5.41, 5.74) is 1.05. The highest BCUT2D eigenvalue weighted by molar-refractivity contribution is 5.29. The number of nitrogens with one attached hydrogen (secondary N) is 1. The highest BCUT2D eigenvalue weighted by Gasteiger charge is 2.13. The van der Waals surface area contributed by atoms with Crippen LogP contribution in [-0.4, -0.2) is 54.3 Å². The standard InChI is InChI=1S/C14H26N4O/c1-12-10-18(13(2)11-19-3)14(16-12)15-6-9-17-7-4-5-8-17/h10,13H,4-9,11H2,1-3H3,(H,15,16). The molecule has 0 amide bonds. The number of anilines is 1. The van der Waals surface area contributed by atoms with Gasteiger partial charge in [0.15, 0.2) is 0 Å². The van der Waals surface area contributed by atoms with Gasteiger partial charge in [0.05, 0.1) is 18.3 Å². The normalized spacial score (nSPS) is 17.8. The van der Waals surface area contributed by atoms with Gasteiger partial charge in [-0.15, -0.1) is 0 Å². The molecule has 0 spiro atoms. The van der Waals surface area contributed by atoms with Gasteiger partial charge in [-0.3, -0.25) is 0 Å². The number of hydrogen-bond donors (Lipinski definition) is 1. The fraction of sp³-hybridized carbons (Fsp3) is 0.786. The predicted molar refractivity (Wildman–Crippen MR) is 77.7 cm³/mol. The van der Waals surface area contributed by atoms with Crippen molar-refractivity contribution in [2.24, 2.45) is 0 Å². The van der Waals surface area contributed by atoms with Gasteiger partial charge in [0.2, 0.25) is 5.95 Å². The summed E-state index contributed by atoms with van der Waals surface area (Å²) in [7, 11) is 1.74. The number of imidazole rings is 1. The second-order valence-corrected chi connectivity index (χ2v) is 5.39. The average molecular weight is 266 g/mol. The summed E-state index contributed by atoms with van der Waals surface area (Å²) >= 11 is 0. The predicted octanol–water partition coefficient (Wildman–Crippen LogP) is 1.91. The van der Waals surface area contributed by atoms with Gasteiger partial charge in [-0.2, -0.15) is 0 Å². The molecule has 1 aliphatic rings. The number of likely N-dealkylation sites (tertiary alicyclic amines) is 1. The fourth-order valence-corrected chi connectivity index (χ4v) is 2.64. The number of nitrogens with zero attached hydrogens (tertiary/aromatic N) is 3. The summed E-state index contributed by atoms with van der Waals surface area (Å²) in [6.45, 7) is 9.43. The molecule has 1 atom stereocenters. The Morgan fingerprint density at radius 1 is 1.42 bits per heavy atom. The van der Waals surface area contributed by atoms with Crippen LogP contribution in [0.3, 0.4) is 0 Å². The monoisotopic (exact) mass is 266 g/mol. The van der Waals surface area contributed by atoms with Gasteiger partial charge in [0, 0.05) is 26.4 Å². The summed E-state index contributed by atoms with van der Waals surface area (Å²) in [5, 5.41) is 3.45. The number of hydrogen-bond acceptors (Lipinski definition) is 4. The fourth-order valence-electron chi connectivity index (χ4n) is 2.64. The van der Waals surface area contributed by atoms with Crippen molar-refractivity contribution >= 4 is 5.95 Å². The molecule has 19 heavy (non-hydrogen) atoms. The van der Waals surface area contributed by atoms with Crippen molar-refractivity contribution in [2.45, 2.75) is 32.7 Å². The Hall–Kier alpha value is -1.07. The molecule has 108 valence electrons. The van der Waals surface area contributed by atoms with Gasteiger partial charge in [-0.25, -0.2) is 4.98 Å². The quantitative estimate of drug-likeness (QED) is 0.818. The van der Waals surface area contributed by atoms with Crippen LogP contribution in [0.1, 0.15) is 31.5 Å². The number of ether oxygens (including phenoxy) is 1. The number of methoxy groups -OCH3 is 1. The Bertz CT molecular complexity index is 385. The number of rotatable bonds is 7. The lowest BCUT2D eigenvalue weighted by atomic mass is 10.3. The van der Waals surface area contributed by atoms with E-state index in [0.717, 1.165) is 24.7 Å². The van der Waals surface area contributed by atoms with Crippen LogP contribution >= 0.6 is 0 Å². The van der Waals surface area contributed by atoms with E-state index in [1.54, 1.807) is 7.11 Å². The van der Waals surface area contributed by atoms with Crippen molar-refractivity contribution in [1.29, 1.82) is 0 Å². The molecule has 0 aromatic carbocycles. The van der Waals surface area contributed by atoms with Gasteiger partial charge in [-0.05, 0) is 39.8 Å². The molecule has 5 nitrogen and oxygen atoms in total. The first kappa shape index (κ1) is 14.3. The molecule has 0 aliphatic carbocycles. The molecule has 1 fully saturated rings. The van der Waals surface area contributed by atoms with Gasteiger partial charge in [-0.1, -0.05) is 0 Å². The third-order valence-electron chi connectivity index (χ3n) is 3.65. The molecule has 1 saturated heterocycles. The van der Waals surface area contributed by atoms with Crippen LogP contribution < -0.4 is 5.32 Å². The van der Waals surface area contributed by atoms with Crippen molar-refractivity contribution in [3.63, 3.8) is 0 Å². The van der Waals surface area contributed by atoms with E-state index in [4.69, 9.17) is 4.74 Å². The highest BCUT2D eigenvalue weighted by Crippen LogP contribution is 2.16. The van der Waals surface area contributed by atoms with Crippen LogP contribution in [0.15, 0.2) is 6.20 Å². The summed E-state index contributed by atoms with van der Waals surface area (Å²) < 4.78 is 7.39. The first-order chi connectivity index (χ1) is 9.20.